The van der Waals surface area contributed by atoms with Gasteiger partial charge >= 0.3 is 0 Å². The number of amides is 1. The van der Waals surface area contributed by atoms with E-state index in [0.29, 0.717) is 11.4 Å². The second-order valence-corrected chi connectivity index (χ2v) is 4.84. The Hall–Kier alpha value is -1.68. The van der Waals surface area contributed by atoms with Crippen LogP contribution in [0.2, 0.25) is 0 Å². The third-order valence-electron chi connectivity index (χ3n) is 2.88. The largest absolute Gasteiger partial charge is 0.350 e. The van der Waals surface area contributed by atoms with Gasteiger partial charge in [0.2, 0.25) is 0 Å². The van der Waals surface area contributed by atoms with Crippen molar-refractivity contribution in [1.82, 2.24) is 15.3 Å². The van der Waals surface area contributed by atoms with Crippen LogP contribution in [0.4, 0.5) is 0 Å². The molecule has 0 bridgehead atoms. The van der Waals surface area contributed by atoms with Crippen molar-refractivity contribution in [2.24, 2.45) is 0 Å². The maximum absolute atomic E-state index is 12.1. The molecule has 4 nitrogen and oxygen atoms in total. The number of fused-ring (bicyclic) bond motifs is 1. The first kappa shape index (κ1) is 13.7. The van der Waals surface area contributed by atoms with Crippen LogP contribution in [-0.4, -0.2) is 27.8 Å². The van der Waals surface area contributed by atoms with Gasteiger partial charge in [0.1, 0.15) is 0 Å². The Morgan fingerprint density at radius 3 is 2.79 bits per heavy atom. The highest BCUT2D eigenvalue weighted by atomic mass is 35.5. The maximum Gasteiger partial charge on any atom is 0.251 e. The SMILES string of the molecule is CC(CCCCl)NC(=O)c1ccc2nccnc2c1. The lowest BCUT2D eigenvalue weighted by atomic mass is 10.1. The molecule has 0 saturated heterocycles. The zero-order valence-corrected chi connectivity index (χ0v) is 11.5. The molecule has 0 fully saturated rings. The first-order valence-corrected chi connectivity index (χ1v) is 6.82. The molecule has 0 saturated carbocycles. The number of rotatable bonds is 5. The van der Waals surface area contributed by atoms with E-state index in [1.807, 2.05) is 6.92 Å². The molecule has 2 aromatic rings. The molecule has 1 N–H and O–H groups in total. The van der Waals surface area contributed by atoms with Crippen molar-refractivity contribution in [2.45, 2.75) is 25.8 Å². The highest BCUT2D eigenvalue weighted by Crippen LogP contribution is 2.11. The summed E-state index contributed by atoms with van der Waals surface area (Å²) in [6.07, 6.45) is 5.03. The second-order valence-electron chi connectivity index (χ2n) is 4.47. The minimum atomic E-state index is -0.0883. The van der Waals surface area contributed by atoms with Gasteiger partial charge in [0.25, 0.3) is 5.91 Å². The molecule has 0 aliphatic rings. The summed E-state index contributed by atoms with van der Waals surface area (Å²) in [5.74, 6) is 0.529. The van der Waals surface area contributed by atoms with Gasteiger partial charge in [-0.05, 0) is 38.0 Å². The van der Waals surface area contributed by atoms with E-state index in [4.69, 9.17) is 11.6 Å². The van der Waals surface area contributed by atoms with E-state index < -0.39 is 0 Å². The molecule has 1 aromatic heterocycles. The topological polar surface area (TPSA) is 54.9 Å². The van der Waals surface area contributed by atoms with Crippen LogP contribution in [0.15, 0.2) is 30.6 Å². The predicted octanol–water partition coefficient (Wildman–Crippen LogP) is 2.77. The van der Waals surface area contributed by atoms with Crippen molar-refractivity contribution < 1.29 is 4.79 Å². The highest BCUT2D eigenvalue weighted by Gasteiger charge is 2.10. The molecule has 0 radical (unpaired) electrons. The number of hydrogen-bond acceptors (Lipinski definition) is 3. The van der Waals surface area contributed by atoms with Crippen LogP contribution in [-0.2, 0) is 0 Å². The van der Waals surface area contributed by atoms with Gasteiger partial charge in [-0.15, -0.1) is 11.6 Å². The average Bonchev–Trinajstić information content (AvgIpc) is 2.44. The van der Waals surface area contributed by atoms with Gasteiger partial charge in [-0.1, -0.05) is 0 Å². The van der Waals surface area contributed by atoms with Crippen LogP contribution in [0.1, 0.15) is 30.1 Å². The monoisotopic (exact) mass is 277 g/mol. The van der Waals surface area contributed by atoms with Crippen LogP contribution < -0.4 is 5.32 Å². The molecule has 0 aliphatic carbocycles. The maximum atomic E-state index is 12.1. The van der Waals surface area contributed by atoms with E-state index in [1.165, 1.54) is 0 Å². The van der Waals surface area contributed by atoms with Crippen LogP contribution in [0.3, 0.4) is 0 Å². The summed E-state index contributed by atoms with van der Waals surface area (Å²) in [6.45, 7) is 1.98. The van der Waals surface area contributed by atoms with Crippen molar-refractivity contribution in [2.75, 3.05) is 5.88 Å². The quantitative estimate of drug-likeness (QED) is 0.855. The summed E-state index contributed by atoms with van der Waals surface area (Å²) in [7, 11) is 0. The summed E-state index contributed by atoms with van der Waals surface area (Å²) in [6, 6.07) is 5.44. The lowest BCUT2D eigenvalue weighted by Crippen LogP contribution is -2.32. The van der Waals surface area contributed by atoms with Gasteiger partial charge < -0.3 is 5.32 Å². The predicted molar refractivity (Wildman–Crippen MR) is 76.4 cm³/mol. The van der Waals surface area contributed by atoms with Gasteiger partial charge in [-0.3, -0.25) is 14.8 Å². The van der Waals surface area contributed by atoms with Crippen molar-refractivity contribution in [1.29, 1.82) is 0 Å². The van der Waals surface area contributed by atoms with Crippen LogP contribution in [0.25, 0.3) is 11.0 Å². The number of benzene rings is 1. The van der Waals surface area contributed by atoms with Gasteiger partial charge in [-0.2, -0.15) is 0 Å². The number of carbonyl (C=O) groups is 1. The Balaban J connectivity index is 2.08. The normalized spacial score (nSPS) is 12.3. The molecule has 19 heavy (non-hydrogen) atoms. The van der Waals surface area contributed by atoms with E-state index >= 15 is 0 Å². The molecule has 1 heterocycles. The van der Waals surface area contributed by atoms with Crippen LogP contribution >= 0.6 is 11.6 Å². The molecule has 0 spiro atoms. The third kappa shape index (κ3) is 3.64. The summed E-state index contributed by atoms with van der Waals surface area (Å²) in [4.78, 5) is 20.4. The van der Waals surface area contributed by atoms with Crippen molar-refractivity contribution >= 4 is 28.5 Å². The zero-order chi connectivity index (χ0) is 13.7. The number of alkyl halides is 1. The van der Waals surface area contributed by atoms with Crippen LogP contribution in [0, 0.1) is 0 Å². The molecule has 2 rings (SSSR count). The summed E-state index contributed by atoms with van der Waals surface area (Å²) < 4.78 is 0. The molecule has 0 aliphatic heterocycles. The fourth-order valence-corrected chi connectivity index (χ4v) is 2.02. The summed E-state index contributed by atoms with van der Waals surface area (Å²) in [5.41, 5.74) is 2.11. The molecule has 100 valence electrons. The minimum absolute atomic E-state index is 0.0883. The molecular weight excluding hydrogens is 262 g/mol. The van der Waals surface area contributed by atoms with Gasteiger partial charge in [0.05, 0.1) is 11.0 Å². The smallest absolute Gasteiger partial charge is 0.251 e. The molecular formula is C14H16ClN3O. The highest BCUT2D eigenvalue weighted by molar-refractivity contribution is 6.17. The van der Waals surface area contributed by atoms with Gasteiger partial charge in [0, 0.05) is 29.9 Å². The van der Waals surface area contributed by atoms with Gasteiger partial charge in [-0.25, -0.2) is 0 Å². The fourth-order valence-electron chi connectivity index (χ4n) is 1.87. The average molecular weight is 278 g/mol. The van der Waals surface area contributed by atoms with Crippen molar-refractivity contribution in [3.05, 3.63) is 36.2 Å². The zero-order valence-electron chi connectivity index (χ0n) is 10.8. The molecule has 5 heteroatoms. The van der Waals surface area contributed by atoms with Crippen molar-refractivity contribution in [3.63, 3.8) is 0 Å². The molecule has 1 amide bonds. The lowest BCUT2D eigenvalue weighted by molar-refractivity contribution is 0.0938. The number of aromatic nitrogens is 2. The number of nitrogens with zero attached hydrogens (tertiary/aromatic N) is 2. The number of hydrogen-bond donors (Lipinski definition) is 1. The Labute approximate surface area is 117 Å². The Morgan fingerprint density at radius 1 is 1.32 bits per heavy atom. The third-order valence-corrected chi connectivity index (χ3v) is 3.15. The Morgan fingerprint density at radius 2 is 2.05 bits per heavy atom. The second kappa shape index (κ2) is 6.48. The molecule has 1 atom stereocenters. The summed E-state index contributed by atoms with van der Waals surface area (Å²) >= 11 is 5.64. The number of carbonyl (C=O) groups excluding carboxylic acids is 1. The van der Waals surface area contributed by atoms with E-state index in [9.17, 15) is 4.79 Å². The standard InChI is InChI=1S/C14H16ClN3O/c1-10(3-2-6-15)18-14(19)11-4-5-12-13(9-11)17-8-7-16-12/h4-5,7-10H,2-3,6H2,1H3,(H,18,19). The van der Waals surface area contributed by atoms with E-state index in [2.05, 4.69) is 15.3 Å². The molecule has 1 aromatic carbocycles. The lowest BCUT2D eigenvalue weighted by Gasteiger charge is -2.13. The first-order chi connectivity index (χ1) is 9.20. The first-order valence-electron chi connectivity index (χ1n) is 6.28. The minimum Gasteiger partial charge on any atom is -0.350 e. The van der Waals surface area contributed by atoms with E-state index in [0.717, 1.165) is 23.9 Å². The summed E-state index contributed by atoms with van der Waals surface area (Å²) in [5, 5.41) is 2.95. The molecule has 1 unspecified atom stereocenters. The fraction of sp³-hybridized carbons (Fsp3) is 0.357. The Kier molecular flexibility index (Phi) is 4.68. The van der Waals surface area contributed by atoms with E-state index in [-0.39, 0.29) is 11.9 Å². The van der Waals surface area contributed by atoms with Gasteiger partial charge in [0.15, 0.2) is 0 Å². The van der Waals surface area contributed by atoms with E-state index in [1.54, 1.807) is 30.6 Å². The number of halogens is 1. The van der Waals surface area contributed by atoms with Crippen molar-refractivity contribution in [3.8, 4) is 0 Å². The van der Waals surface area contributed by atoms with Crippen LogP contribution in [0.5, 0.6) is 0 Å². The Bertz CT molecular complexity index is 573. The number of nitrogens with one attached hydrogen (secondary N) is 1.